The van der Waals surface area contributed by atoms with Crippen LogP contribution in [0.5, 0.6) is 5.75 Å². The van der Waals surface area contributed by atoms with Crippen molar-refractivity contribution in [1.29, 1.82) is 0 Å². The average molecular weight is 336 g/mol. The van der Waals surface area contributed by atoms with E-state index in [2.05, 4.69) is 23.6 Å². The summed E-state index contributed by atoms with van der Waals surface area (Å²) in [5.74, 6) is 1.71. The minimum atomic E-state index is -0.0368. The number of methoxy groups -OCH3 is 1. The molecule has 0 fully saturated rings. The zero-order valence-electron chi connectivity index (χ0n) is 14.8. The van der Waals surface area contributed by atoms with E-state index in [9.17, 15) is 5.11 Å². The van der Waals surface area contributed by atoms with Crippen LogP contribution in [0.25, 0.3) is 22.6 Å². The van der Waals surface area contributed by atoms with Crippen molar-refractivity contribution in [3.8, 4) is 28.4 Å². The summed E-state index contributed by atoms with van der Waals surface area (Å²) in [4.78, 5) is 4.89. The van der Waals surface area contributed by atoms with Crippen molar-refractivity contribution in [3.05, 3.63) is 60.3 Å². The van der Waals surface area contributed by atoms with Gasteiger partial charge in [0.25, 0.3) is 0 Å². The summed E-state index contributed by atoms with van der Waals surface area (Å²) >= 11 is 0. The van der Waals surface area contributed by atoms with Crippen LogP contribution >= 0.6 is 0 Å². The number of benzene rings is 2. The molecular weight excluding hydrogens is 312 g/mol. The summed E-state index contributed by atoms with van der Waals surface area (Å²) in [5, 5.41) is 10.0. The molecule has 0 saturated carbocycles. The van der Waals surface area contributed by atoms with Gasteiger partial charge in [0, 0.05) is 17.7 Å². The Hall–Kier alpha value is -2.59. The minimum Gasteiger partial charge on any atom is -0.497 e. The van der Waals surface area contributed by atoms with Crippen molar-refractivity contribution in [2.24, 2.45) is 0 Å². The number of hydrogen-bond donors (Lipinski definition) is 1. The molecule has 130 valence electrons. The van der Waals surface area contributed by atoms with Gasteiger partial charge in [0.2, 0.25) is 0 Å². The first-order valence-electron chi connectivity index (χ1n) is 8.68. The lowest BCUT2D eigenvalue weighted by atomic mass is 10.1. The van der Waals surface area contributed by atoms with Crippen molar-refractivity contribution < 1.29 is 9.84 Å². The zero-order valence-corrected chi connectivity index (χ0v) is 14.8. The van der Waals surface area contributed by atoms with Crippen LogP contribution in [0.4, 0.5) is 0 Å². The molecule has 4 nitrogen and oxygen atoms in total. The van der Waals surface area contributed by atoms with Crippen LogP contribution in [-0.2, 0) is 13.2 Å². The van der Waals surface area contributed by atoms with E-state index in [0.29, 0.717) is 0 Å². The van der Waals surface area contributed by atoms with Crippen molar-refractivity contribution >= 4 is 0 Å². The molecule has 0 aliphatic rings. The van der Waals surface area contributed by atoms with Gasteiger partial charge in [-0.25, -0.2) is 4.98 Å². The standard InChI is InChI=1S/C21H24N2O2/c1-3-4-14-23-19(15-24)20(16-10-12-18(25-2)13-11-16)22-21(23)17-8-6-5-7-9-17/h5-13,24H,3-4,14-15H2,1-2H3. The van der Waals surface area contributed by atoms with Crippen molar-refractivity contribution in [2.75, 3.05) is 7.11 Å². The second-order valence-corrected chi connectivity index (χ2v) is 5.99. The molecule has 2 aromatic carbocycles. The predicted molar refractivity (Wildman–Crippen MR) is 100 cm³/mol. The van der Waals surface area contributed by atoms with Gasteiger partial charge in [-0.05, 0) is 30.7 Å². The molecule has 0 saturated heterocycles. The summed E-state index contributed by atoms with van der Waals surface area (Å²) in [6, 6.07) is 18.0. The zero-order chi connectivity index (χ0) is 17.6. The van der Waals surface area contributed by atoms with Gasteiger partial charge in [0.05, 0.1) is 25.1 Å². The summed E-state index contributed by atoms with van der Waals surface area (Å²) in [6.45, 7) is 2.98. The number of ether oxygens (including phenoxy) is 1. The molecule has 1 N–H and O–H groups in total. The number of aliphatic hydroxyl groups excluding tert-OH is 1. The molecule has 25 heavy (non-hydrogen) atoms. The summed E-state index contributed by atoms with van der Waals surface area (Å²) in [7, 11) is 1.65. The van der Waals surface area contributed by atoms with E-state index >= 15 is 0 Å². The minimum absolute atomic E-state index is 0.0368. The first-order chi connectivity index (χ1) is 12.3. The monoisotopic (exact) mass is 336 g/mol. The Morgan fingerprint density at radius 2 is 1.72 bits per heavy atom. The van der Waals surface area contributed by atoms with Crippen LogP contribution < -0.4 is 4.74 Å². The van der Waals surface area contributed by atoms with Crippen molar-refractivity contribution in [3.63, 3.8) is 0 Å². The Morgan fingerprint density at radius 3 is 2.32 bits per heavy atom. The van der Waals surface area contributed by atoms with Gasteiger partial charge in [-0.15, -0.1) is 0 Å². The number of aliphatic hydroxyl groups is 1. The van der Waals surface area contributed by atoms with E-state index in [0.717, 1.165) is 53.5 Å². The van der Waals surface area contributed by atoms with Gasteiger partial charge in [-0.3, -0.25) is 0 Å². The third kappa shape index (κ3) is 3.59. The summed E-state index contributed by atoms with van der Waals surface area (Å²) in [5.41, 5.74) is 3.74. The molecule has 0 radical (unpaired) electrons. The Balaban J connectivity index is 2.13. The van der Waals surface area contributed by atoms with Crippen LogP contribution in [0.1, 0.15) is 25.5 Å². The molecule has 0 amide bonds. The number of unbranched alkanes of at least 4 members (excludes halogenated alkanes) is 1. The topological polar surface area (TPSA) is 47.3 Å². The third-order valence-electron chi connectivity index (χ3n) is 4.35. The van der Waals surface area contributed by atoms with Gasteiger partial charge in [0.1, 0.15) is 11.6 Å². The maximum absolute atomic E-state index is 10.0. The maximum Gasteiger partial charge on any atom is 0.140 e. The fourth-order valence-electron chi connectivity index (χ4n) is 2.99. The number of nitrogens with zero attached hydrogens (tertiary/aromatic N) is 2. The fraction of sp³-hybridized carbons (Fsp3) is 0.286. The molecule has 0 bridgehead atoms. The maximum atomic E-state index is 10.0. The normalized spacial score (nSPS) is 10.8. The van der Waals surface area contributed by atoms with Gasteiger partial charge in [-0.1, -0.05) is 43.7 Å². The SMILES string of the molecule is CCCCn1c(-c2ccccc2)nc(-c2ccc(OC)cc2)c1CO. The van der Waals surface area contributed by atoms with E-state index in [1.165, 1.54) is 0 Å². The van der Waals surface area contributed by atoms with Crippen LogP contribution in [0.3, 0.4) is 0 Å². The Bertz CT molecular complexity index is 808. The number of rotatable bonds is 7. The molecule has 1 aromatic heterocycles. The van der Waals surface area contributed by atoms with Gasteiger partial charge in [0.15, 0.2) is 0 Å². The van der Waals surface area contributed by atoms with E-state index in [1.54, 1.807) is 7.11 Å². The third-order valence-corrected chi connectivity index (χ3v) is 4.35. The first-order valence-corrected chi connectivity index (χ1v) is 8.68. The van der Waals surface area contributed by atoms with Crippen LogP contribution in [0, 0.1) is 0 Å². The van der Waals surface area contributed by atoms with Crippen molar-refractivity contribution in [2.45, 2.75) is 32.9 Å². The Morgan fingerprint density at radius 1 is 1.00 bits per heavy atom. The molecule has 3 aromatic rings. The quantitative estimate of drug-likeness (QED) is 0.690. The molecule has 1 heterocycles. The second kappa shape index (κ2) is 7.99. The predicted octanol–water partition coefficient (Wildman–Crippen LogP) is 4.52. The van der Waals surface area contributed by atoms with Crippen LogP contribution in [-0.4, -0.2) is 21.8 Å². The highest BCUT2D eigenvalue weighted by atomic mass is 16.5. The van der Waals surface area contributed by atoms with Crippen molar-refractivity contribution in [1.82, 2.24) is 9.55 Å². The molecule has 0 aliphatic carbocycles. The molecule has 3 rings (SSSR count). The Kier molecular flexibility index (Phi) is 5.51. The number of imidazole rings is 1. The molecule has 0 spiro atoms. The van der Waals surface area contributed by atoms with Gasteiger partial charge >= 0.3 is 0 Å². The van der Waals surface area contributed by atoms with E-state index in [-0.39, 0.29) is 6.61 Å². The highest BCUT2D eigenvalue weighted by Crippen LogP contribution is 2.31. The lowest BCUT2D eigenvalue weighted by Crippen LogP contribution is -2.05. The van der Waals surface area contributed by atoms with E-state index < -0.39 is 0 Å². The largest absolute Gasteiger partial charge is 0.497 e. The molecule has 4 heteroatoms. The molecule has 0 unspecified atom stereocenters. The Labute approximate surface area is 148 Å². The number of hydrogen-bond acceptors (Lipinski definition) is 3. The summed E-state index contributed by atoms with van der Waals surface area (Å²) in [6.07, 6.45) is 2.14. The second-order valence-electron chi connectivity index (χ2n) is 5.99. The average Bonchev–Trinajstić information content (AvgIpc) is 3.05. The van der Waals surface area contributed by atoms with Gasteiger partial charge < -0.3 is 14.4 Å². The molecule has 0 aliphatic heterocycles. The first kappa shape index (κ1) is 17.2. The lowest BCUT2D eigenvalue weighted by Gasteiger charge is -2.11. The number of aromatic nitrogens is 2. The van der Waals surface area contributed by atoms with Crippen LogP contribution in [0.2, 0.25) is 0 Å². The molecule has 0 atom stereocenters. The lowest BCUT2D eigenvalue weighted by molar-refractivity contribution is 0.271. The smallest absolute Gasteiger partial charge is 0.140 e. The highest BCUT2D eigenvalue weighted by Gasteiger charge is 2.18. The van der Waals surface area contributed by atoms with E-state index in [4.69, 9.17) is 9.72 Å². The fourth-order valence-corrected chi connectivity index (χ4v) is 2.99. The van der Waals surface area contributed by atoms with Gasteiger partial charge in [-0.2, -0.15) is 0 Å². The van der Waals surface area contributed by atoms with E-state index in [1.807, 2.05) is 42.5 Å². The summed E-state index contributed by atoms with van der Waals surface area (Å²) < 4.78 is 7.39. The highest BCUT2D eigenvalue weighted by molar-refractivity contribution is 5.68. The van der Waals surface area contributed by atoms with Crippen LogP contribution in [0.15, 0.2) is 54.6 Å². The molecular formula is C21H24N2O2.